The van der Waals surface area contributed by atoms with E-state index in [9.17, 15) is 0 Å². The van der Waals surface area contributed by atoms with Crippen LogP contribution in [-0.2, 0) is 0 Å². The van der Waals surface area contributed by atoms with Crippen LogP contribution in [0.3, 0.4) is 0 Å². The number of hydrogen-bond acceptors (Lipinski definition) is 1. The molecule has 0 spiro atoms. The topological polar surface area (TPSA) is 12.4 Å². The second kappa shape index (κ2) is 1.83. The van der Waals surface area contributed by atoms with Crippen molar-refractivity contribution in [3.63, 3.8) is 0 Å². The molecule has 0 N–H and O–H groups in total. The summed E-state index contributed by atoms with van der Waals surface area (Å²) in [5.74, 6) is 0.648. The van der Waals surface area contributed by atoms with Crippen LogP contribution < -0.4 is 0 Å². The molecule has 0 aromatic carbocycles. The largest absolute Gasteiger partial charge is 0.292 e. The maximum Gasteiger partial charge on any atom is 0.0605 e. The lowest BCUT2D eigenvalue weighted by molar-refractivity contribution is 0.839. The standard InChI is InChI=1S/C8H9N/c1-2-4-8-6-9-5-7(8)3-1/h1-3,6,8H,4-5H2. The molecule has 1 aliphatic heterocycles. The van der Waals surface area contributed by atoms with Crippen molar-refractivity contribution in [3.05, 3.63) is 23.8 Å². The molecule has 46 valence electrons. The third-order valence-corrected chi connectivity index (χ3v) is 1.87. The summed E-state index contributed by atoms with van der Waals surface area (Å²) >= 11 is 0. The molecule has 0 saturated carbocycles. The summed E-state index contributed by atoms with van der Waals surface area (Å²) in [6, 6.07) is 0. The second-order valence-electron chi connectivity index (χ2n) is 2.50. The molecule has 1 nitrogen and oxygen atoms in total. The monoisotopic (exact) mass is 119 g/mol. The van der Waals surface area contributed by atoms with Gasteiger partial charge in [-0.2, -0.15) is 0 Å². The Bertz CT molecular complexity index is 199. The molecule has 0 saturated heterocycles. The Hall–Kier alpha value is -0.850. The molecule has 2 aliphatic rings. The van der Waals surface area contributed by atoms with Gasteiger partial charge in [-0.3, -0.25) is 4.99 Å². The molecular weight excluding hydrogens is 110 g/mol. The summed E-state index contributed by atoms with van der Waals surface area (Å²) in [6.45, 7) is 0.939. The lowest BCUT2D eigenvalue weighted by Gasteiger charge is -2.08. The minimum Gasteiger partial charge on any atom is -0.292 e. The summed E-state index contributed by atoms with van der Waals surface area (Å²) in [6.07, 6.45) is 9.73. The van der Waals surface area contributed by atoms with E-state index in [2.05, 4.69) is 29.4 Å². The minimum absolute atomic E-state index is 0.648. The van der Waals surface area contributed by atoms with Crippen molar-refractivity contribution in [2.75, 3.05) is 6.54 Å². The zero-order chi connectivity index (χ0) is 6.10. The Morgan fingerprint density at radius 1 is 1.56 bits per heavy atom. The van der Waals surface area contributed by atoms with E-state index >= 15 is 0 Å². The number of fused-ring (bicyclic) bond motifs is 1. The van der Waals surface area contributed by atoms with Gasteiger partial charge in [-0.25, -0.2) is 0 Å². The predicted molar refractivity (Wildman–Crippen MR) is 38.7 cm³/mol. The fourth-order valence-corrected chi connectivity index (χ4v) is 1.30. The second-order valence-corrected chi connectivity index (χ2v) is 2.50. The zero-order valence-corrected chi connectivity index (χ0v) is 5.25. The van der Waals surface area contributed by atoms with Crippen molar-refractivity contribution in [2.24, 2.45) is 10.9 Å². The first-order valence-corrected chi connectivity index (χ1v) is 3.32. The van der Waals surface area contributed by atoms with E-state index < -0.39 is 0 Å². The van der Waals surface area contributed by atoms with Gasteiger partial charge in [0, 0.05) is 12.1 Å². The van der Waals surface area contributed by atoms with E-state index in [1.165, 1.54) is 5.57 Å². The summed E-state index contributed by atoms with van der Waals surface area (Å²) < 4.78 is 0. The van der Waals surface area contributed by atoms with Crippen LogP contribution in [0.2, 0.25) is 0 Å². The van der Waals surface area contributed by atoms with E-state index in [0.29, 0.717) is 5.92 Å². The molecule has 0 aromatic heterocycles. The normalized spacial score (nSPS) is 30.2. The van der Waals surface area contributed by atoms with Crippen LogP contribution in [0.15, 0.2) is 28.8 Å². The van der Waals surface area contributed by atoms with Crippen molar-refractivity contribution in [2.45, 2.75) is 6.42 Å². The number of rotatable bonds is 0. The first-order chi connectivity index (χ1) is 4.47. The molecule has 1 heterocycles. The Labute approximate surface area is 54.8 Å². The van der Waals surface area contributed by atoms with Gasteiger partial charge >= 0.3 is 0 Å². The van der Waals surface area contributed by atoms with Gasteiger partial charge in [0.25, 0.3) is 0 Å². The maximum absolute atomic E-state index is 4.19. The van der Waals surface area contributed by atoms with Gasteiger partial charge in [0.1, 0.15) is 0 Å². The summed E-state index contributed by atoms with van der Waals surface area (Å²) in [5.41, 5.74) is 1.48. The quantitative estimate of drug-likeness (QED) is 0.459. The van der Waals surface area contributed by atoms with Gasteiger partial charge in [-0.15, -0.1) is 0 Å². The first kappa shape index (κ1) is 4.98. The van der Waals surface area contributed by atoms with E-state index in [4.69, 9.17) is 0 Å². The van der Waals surface area contributed by atoms with Crippen LogP contribution in [0.1, 0.15) is 6.42 Å². The molecule has 1 heteroatoms. The highest BCUT2D eigenvalue weighted by molar-refractivity contribution is 5.70. The van der Waals surface area contributed by atoms with Crippen molar-refractivity contribution in [3.8, 4) is 0 Å². The number of allylic oxidation sites excluding steroid dienone is 3. The highest BCUT2D eigenvalue weighted by Gasteiger charge is 2.15. The van der Waals surface area contributed by atoms with Crippen LogP contribution in [-0.4, -0.2) is 12.8 Å². The zero-order valence-electron chi connectivity index (χ0n) is 5.25. The predicted octanol–water partition coefficient (Wildman–Crippen LogP) is 1.57. The molecule has 1 aliphatic carbocycles. The molecular formula is C8H9N. The SMILES string of the molecule is C1=CCC2C=NCC2=C1. The van der Waals surface area contributed by atoms with Gasteiger partial charge < -0.3 is 0 Å². The molecule has 0 bridgehead atoms. The fraction of sp³-hybridized carbons (Fsp3) is 0.375. The highest BCUT2D eigenvalue weighted by atomic mass is 14.7. The minimum atomic E-state index is 0.648. The van der Waals surface area contributed by atoms with E-state index in [-0.39, 0.29) is 0 Å². The lowest BCUT2D eigenvalue weighted by Crippen LogP contribution is -2.02. The molecule has 1 atom stereocenters. The Morgan fingerprint density at radius 3 is 3.44 bits per heavy atom. The van der Waals surface area contributed by atoms with Gasteiger partial charge in [0.15, 0.2) is 0 Å². The molecule has 9 heavy (non-hydrogen) atoms. The van der Waals surface area contributed by atoms with Crippen LogP contribution in [0.5, 0.6) is 0 Å². The van der Waals surface area contributed by atoms with Gasteiger partial charge in [0.05, 0.1) is 6.54 Å². The third kappa shape index (κ3) is 0.727. The number of aliphatic imine (C=N–C) groups is 1. The van der Waals surface area contributed by atoms with Crippen molar-refractivity contribution in [1.29, 1.82) is 0 Å². The van der Waals surface area contributed by atoms with Crippen LogP contribution in [0, 0.1) is 5.92 Å². The maximum atomic E-state index is 4.19. The highest BCUT2D eigenvalue weighted by Crippen LogP contribution is 2.22. The van der Waals surface area contributed by atoms with Gasteiger partial charge in [0.2, 0.25) is 0 Å². The summed E-state index contributed by atoms with van der Waals surface area (Å²) in [5, 5.41) is 0. The molecule has 0 aromatic rings. The Morgan fingerprint density at radius 2 is 2.56 bits per heavy atom. The first-order valence-electron chi connectivity index (χ1n) is 3.32. The summed E-state index contributed by atoms with van der Waals surface area (Å²) in [7, 11) is 0. The van der Waals surface area contributed by atoms with Crippen molar-refractivity contribution < 1.29 is 0 Å². The average Bonchev–Trinajstić information content (AvgIpc) is 2.33. The molecule has 0 amide bonds. The van der Waals surface area contributed by atoms with Crippen molar-refractivity contribution in [1.82, 2.24) is 0 Å². The van der Waals surface area contributed by atoms with Gasteiger partial charge in [-0.05, 0) is 12.0 Å². The smallest absolute Gasteiger partial charge is 0.0605 e. The van der Waals surface area contributed by atoms with Gasteiger partial charge in [-0.1, -0.05) is 18.2 Å². The van der Waals surface area contributed by atoms with Crippen molar-refractivity contribution >= 4 is 6.21 Å². The number of nitrogens with zero attached hydrogens (tertiary/aromatic N) is 1. The molecule has 2 rings (SSSR count). The molecule has 1 unspecified atom stereocenters. The van der Waals surface area contributed by atoms with Crippen LogP contribution >= 0.6 is 0 Å². The molecule has 0 fully saturated rings. The Balaban J connectivity index is 2.29. The van der Waals surface area contributed by atoms with Crippen LogP contribution in [0.25, 0.3) is 0 Å². The third-order valence-electron chi connectivity index (χ3n) is 1.87. The lowest BCUT2D eigenvalue weighted by atomic mass is 9.95. The van der Waals surface area contributed by atoms with E-state index in [1.807, 2.05) is 0 Å². The van der Waals surface area contributed by atoms with Crippen LogP contribution in [0.4, 0.5) is 0 Å². The van der Waals surface area contributed by atoms with E-state index in [0.717, 1.165) is 13.0 Å². The summed E-state index contributed by atoms with van der Waals surface area (Å²) in [4.78, 5) is 4.19. The fourth-order valence-electron chi connectivity index (χ4n) is 1.30. The Kier molecular flexibility index (Phi) is 1.01. The average molecular weight is 119 g/mol. The van der Waals surface area contributed by atoms with E-state index in [1.54, 1.807) is 0 Å². The number of hydrogen-bond donors (Lipinski definition) is 0. The molecule has 0 radical (unpaired) electrons.